The van der Waals surface area contributed by atoms with Gasteiger partial charge in [0.15, 0.2) is 16.7 Å². The molecule has 0 spiro atoms. The molecule has 0 unspecified atom stereocenters. The van der Waals surface area contributed by atoms with Gasteiger partial charge in [0.25, 0.3) is 5.91 Å². The summed E-state index contributed by atoms with van der Waals surface area (Å²) in [7, 11) is 0. The monoisotopic (exact) mass is 377 g/mol. The summed E-state index contributed by atoms with van der Waals surface area (Å²) in [6.45, 7) is 2.97. The molecular formula is C16H13ClFN5OS. The van der Waals surface area contributed by atoms with E-state index in [1.165, 1.54) is 35.6 Å². The number of benzene rings is 1. The van der Waals surface area contributed by atoms with Crippen LogP contribution in [-0.2, 0) is 6.54 Å². The Morgan fingerprint density at radius 3 is 2.72 bits per heavy atom. The first-order chi connectivity index (χ1) is 12.0. The molecule has 0 radical (unpaired) electrons. The van der Waals surface area contributed by atoms with E-state index in [-0.39, 0.29) is 17.8 Å². The Kier molecular flexibility index (Phi) is 4.01. The highest BCUT2D eigenvalue weighted by molar-refractivity contribution is 7.13. The molecular weight excluding hydrogens is 365 g/mol. The number of thiazole rings is 1. The lowest BCUT2D eigenvalue weighted by Crippen LogP contribution is -2.41. The molecule has 128 valence electrons. The lowest BCUT2D eigenvalue weighted by Gasteiger charge is -2.33. The third kappa shape index (κ3) is 2.81. The number of halogens is 2. The highest BCUT2D eigenvalue weighted by Gasteiger charge is 2.32. The van der Waals surface area contributed by atoms with Gasteiger partial charge in [0.2, 0.25) is 0 Å². The van der Waals surface area contributed by atoms with Crippen molar-refractivity contribution in [3.63, 3.8) is 0 Å². The zero-order valence-electron chi connectivity index (χ0n) is 13.2. The van der Waals surface area contributed by atoms with Crippen LogP contribution in [0.25, 0.3) is 10.8 Å². The van der Waals surface area contributed by atoms with E-state index in [9.17, 15) is 9.18 Å². The molecule has 1 atom stereocenters. The maximum absolute atomic E-state index is 13.1. The number of amides is 1. The molecule has 1 aliphatic heterocycles. The van der Waals surface area contributed by atoms with E-state index in [0.717, 1.165) is 0 Å². The molecule has 4 rings (SSSR count). The van der Waals surface area contributed by atoms with Gasteiger partial charge in [0.05, 0.1) is 6.04 Å². The van der Waals surface area contributed by atoms with E-state index >= 15 is 0 Å². The lowest BCUT2D eigenvalue weighted by atomic mass is 10.1. The highest BCUT2D eigenvalue weighted by Crippen LogP contribution is 2.31. The van der Waals surface area contributed by atoms with Crippen molar-refractivity contribution in [2.45, 2.75) is 19.5 Å². The van der Waals surface area contributed by atoms with E-state index in [1.807, 2.05) is 11.5 Å². The number of hydrogen-bond donors (Lipinski definition) is 0. The second-order valence-electron chi connectivity index (χ2n) is 5.69. The molecule has 0 aliphatic carbocycles. The average Bonchev–Trinajstić information content (AvgIpc) is 3.21. The van der Waals surface area contributed by atoms with Crippen molar-refractivity contribution in [3.05, 3.63) is 52.0 Å². The van der Waals surface area contributed by atoms with Gasteiger partial charge >= 0.3 is 0 Å². The molecule has 25 heavy (non-hydrogen) atoms. The maximum Gasteiger partial charge on any atom is 0.254 e. The first kappa shape index (κ1) is 16.2. The summed E-state index contributed by atoms with van der Waals surface area (Å²) in [6, 6.07) is 5.31. The van der Waals surface area contributed by atoms with E-state index in [2.05, 4.69) is 15.2 Å². The van der Waals surface area contributed by atoms with Crippen molar-refractivity contribution in [1.29, 1.82) is 0 Å². The van der Waals surface area contributed by atoms with Crippen LogP contribution in [0.3, 0.4) is 0 Å². The Labute approximate surface area is 151 Å². The third-order valence-corrected chi connectivity index (χ3v) is 5.37. The molecule has 2 aromatic heterocycles. The normalized spacial score (nSPS) is 16.8. The Bertz CT molecular complexity index is 938. The molecule has 3 heterocycles. The molecule has 0 bridgehead atoms. The summed E-state index contributed by atoms with van der Waals surface area (Å²) < 4.78 is 15.0. The second-order valence-corrected chi connectivity index (χ2v) is 6.94. The number of rotatable bonds is 2. The van der Waals surface area contributed by atoms with Crippen molar-refractivity contribution in [2.24, 2.45) is 0 Å². The lowest BCUT2D eigenvalue weighted by molar-refractivity contribution is 0.0638. The minimum atomic E-state index is -0.366. The van der Waals surface area contributed by atoms with Crippen molar-refractivity contribution in [2.75, 3.05) is 6.54 Å². The summed E-state index contributed by atoms with van der Waals surface area (Å²) in [5.41, 5.74) is 0.452. The Morgan fingerprint density at radius 2 is 2.04 bits per heavy atom. The van der Waals surface area contributed by atoms with Crippen molar-refractivity contribution in [1.82, 2.24) is 24.6 Å². The first-order valence-electron chi connectivity index (χ1n) is 7.65. The highest BCUT2D eigenvalue weighted by atomic mass is 35.5. The molecule has 0 saturated heterocycles. The molecule has 0 fully saturated rings. The quantitative estimate of drug-likeness (QED) is 0.686. The SMILES string of the molecule is C[C@@H]1c2nnc(-c3nc(Cl)cs3)n2CCN1C(=O)c1ccc(F)cc1. The molecule has 0 N–H and O–H groups in total. The molecule has 1 aromatic carbocycles. The third-order valence-electron chi connectivity index (χ3n) is 4.20. The van der Waals surface area contributed by atoms with E-state index in [4.69, 9.17) is 11.6 Å². The van der Waals surface area contributed by atoms with Crippen LogP contribution in [0.4, 0.5) is 4.39 Å². The van der Waals surface area contributed by atoms with Crippen LogP contribution in [0.5, 0.6) is 0 Å². The minimum absolute atomic E-state index is 0.152. The van der Waals surface area contributed by atoms with Gasteiger partial charge in [-0.1, -0.05) is 11.6 Å². The predicted octanol–water partition coefficient (Wildman–Crippen LogP) is 3.41. The Hall–Kier alpha value is -2.32. The number of carbonyl (C=O) groups is 1. The zero-order chi connectivity index (χ0) is 17.6. The molecule has 1 amide bonds. The van der Waals surface area contributed by atoms with Crippen molar-refractivity contribution in [3.8, 4) is 10.8 Å². The fraction of sp³-hybridized carbons (Fsp3) is 0.250. The molecule has 0 saturated carbocycles. The minimum Gasteiger partial charge on any atom is -0.327 e. The number of carbonyl (C=O) groups excluding carboxylic acids is 1. The second kappa shape index (κ2) is 6.20. The van der Waals surface area contributed by atoms with E-state index < -0.39 is 0 Å². The Balaban J connectivity index is 1.63. The van der Waals surface area contributed by atoms with Crippen LogP contribution in [0.1, 0.15) is 29.1 Å². The van der Waals surface area contributed by atoms with E-state index in [1.54, 1.807) is 10.3 Å². The van der Waals surface area contributed by atoms with Crippen LogP contribution >= 0.6 is 22.9 Å². The van der Waals surface area contributed by atoms with Crippen LogP contribution < -0.4 is 0 Å². The fourth-order valence-electron chi connectivity index (χ4n) is 2.94. The van der Waals surface area contributed by atoms with Gasteiger partial charge in [-0.15, -0.1) is 21.5 Å². The van der Waals surface area contributed by atoms with Crippen LogP contribution in [0.15, 0.2) is 29.6 Å². The molecule has 1 aliphatic rings. The fourth-order valence-corrected chi connectivity index (χ4v) is 3.87. The number of nitrogens with zero attached hydrogens (tertiary/aromatic N) is 5. The summed E-state index contributed by atoms with van der Waals surface area (Å²) in [6.07, 6.45) is 0. The average molecular weight is 378 g/mol. The molecule has 6 nitrogen and oxygen atoms in total. The summed E-state index contributed by atoms with van der Waals surface area (Å²) in [5.74, 6) is 0.839. The predicted molar refractivity (Wildman–Crippen MR) is 92.0 cm³/mol. The molecule has 9 heteroatoms. The standard InChI is InChI=1S/C16H13ClFN5OS/c1-9-13-20-21-14(15-19-12(17)8-25-15)23(13)7-6-22(9)16(24)10-2-4-11(18)5-3-10/h2-5,8-9H,6-7H2,1H3/t9-/m1/s1. The van der Waals surface area contributed by atoms with Gasteiger partial charge in [-0.25, -0.2) is 9.37 Å². The van der Waals surface area contributed by atoms with Crippen molar-refractivity contribution < 1.29 is 9.18 Å². The number of fused-ring (bicyclic) bond motifs is 1. The number of aromatic nitrogens is 4. The smallest absolute Gasteiger partial charge is 0.254 e. The van der Waals surface area contributed by atoms with Crippen LogP contribution in [0.2, 0.25) is 5.15 Å². The van der Waals surface area contributed by atoms with E-state index in [0.29, 0.717) is 40.5 Å². The van der Waals surface area contributed by atoms with Crippen LogP contribution in [-0.4, -0.2) is 37.1 Å². The molecule has 3 aromatic rings. The summed E-state index contributed by atoms with van der Waals surface area (Å²) >= 11 is 7.30. The van der Waals surface area contributed by atoms with Crippen LogP contribution in [0, 0.1) is 5.82 Å². The van der Waals surface area contributed by atoms with Gasteiger partial charge in [0, 0.05) is 24.0 Å². The first-order valence-corrected chi connectivity index (χ1v) is 8.91. The number of hydrogen-bond acceptors (Lipinski definition) is 5. The summed E-state index contributed by atoms with van der Waals surface area (Å²) in [4.78, 5) is 18.7. The largest absolute Gasteiger partial charge is 0.327 e. The zero-order valence-corrected chi connectivity index (χ0v) is 14.8. The Morgan fingerprint density at radius 1 is 1.28 bits per heavy atom. The van der Waals surface area contributed by atoms with Gasteiger partial charge < -0.3 is 9.47 Å². The van der Waals surface area contributed by atoms with Gasteiger partial charge in [-0.05, 0) is 31.2 Å². The topological polar surface area (TPSA) is 63.9 Å². The van der Waals surface area contributed by atoms with Gasteiger partial charge in [-0.3, -0.25) is 4.79 Å². The summed E-state index contributed by atoms with van der Waals surface area (Å²) in [5, 5.41) is 11.3. The van der Waals surface area contributed by atoms with Gasteiger partial charge in [-0.2, -0.15) is 0 Å². The van der Waals surface area contributed by atoms with Gasteiger partial charge in [0.1, 0.15) is 11.0 Å². The van der Waals surface area contributed by atoms with Crippen molar-refractivity contribution >= 4 is 28.8 Å². The maximum atomic E-state index is 13.1.